The Bertz CT molecular complexity index is 863. The highest BCUT2D eigenvalue weighted by Gasteiger charge is 2.38. The quantitative estimate of drug-likeness (QED) is 0.707. The normalized spacial score (nSPS) is 19.7. The Morgan fingerprint density at radius 1 is 1.21 bits per heavy atom. The van der Waals surface area contributed by atoms with Gasteiger partial charge in [0.05, 0.1) is 5.69 Å². The molecule has 1 saturated heterocycles. The number of nitrogens with zero attached hydrogens (tertiary/aromatic N) is 2. The van der Waals surface area contributed by atoms with E-state index in [2.05, 4.69) is 37.4 Å². The van der Waals surface area contributed by atoms with Gasteiger partial charge in [-0.05, 0) is 54.4 Å². The van der Waals surface area contributed by atoms with E-state index in [9.17, 15) is 9.59 Å². The minimum atomic E-state index is -0.438. The molecule has 0 spiro atoms. The molecular formula is C22H28ClN3O2S. The highest BCUT2D eigenvalue weighted by atomic mass is 35.5. The lowest BCUT2D eigenvalue weighted by Crippen LogP contribution is -2.62. The molecule has 2 heterocycles. The molecule has 0 bridgehead atoms. The average molecular weight is 434 g/mol. The van der Waals surface area contributed by atoms with Gasteiger partial charge in [0.25, 0.3) is 5.91 Å². The SMILES string of the molecule is CC(C)CC1CN(C(=O)c2cc(-c3ccc(Cl)cc3)ns2)C(CC(C)C)C(=O)N1. The zero-order valence-corrected chi connectivity index (χ0v) is 18.9. The second-order valence-corrected chi connectivity index (χ2v) is 9.76. The van der Waals surface area contributed by atoms with Gasteiger partial charge in [-0.2, -0.15) is 4.37 Å². The van der Waals surface area contributed by atoms with E-state index >= 15 is 0 Å². The minimum Gasteiger partial charge on any atom is -0.350 e. The van der Waals surface area contributed by atoms with Crippen LogP contribution in [0, 0.1) is 11.8 Å². The lowest BCUT2D eigenvalue weighted by Gasteiger charge is -2.40. The first kappa shape index (κ1) is 21.8. The molecule has 2 unspecified atom stereocenters. The van der Waals surface area contributed by atoms with Crippen molar-refractivity contribution in [1.29, 1.82) is 0 Å². The van der Waals surface area contributed by atoms with Crippen molar-refractivity contribution in [3.8, 4) is 11.3 Å². The Labute approximate surface area is 181 Å². The molecule has 0 radical (unpaired) electrons. The number of rotatable bonds is 6. The number of carbonyl (C=O) groups is 2. The van der Waals surface area contributed by atoms with Crippen LogP contribution in [0.15, 0.2) is 30.3 Å². The fraction of sp³-hybridized carbons (Fsp3) is 0.500. The predicted octanol–water partition coefficient (Wildman–Crippen LogP) is 4.86. The van der Waals surface area contributed by atoms with Crippen molar-refractivity contribution in [2.24, 2.45) is 11.8 Å². The number of piperazine rings is 1. The Kier molecular flexibility index (Phi) is 6.96. The van der Waals surface area contributed by atoms with Crippen LogP contribution in [0.4, 0.5) is 0 Å². The number of hydrogen-bond donors (Lipinski definition) is 1. The van der Waals surface area contributed by atoms with Gasteiger partial charge in [-0.25, -0.2) is 0 Å². The molecule has 0 aliphatic carbocycles. The van der Waals surface area contributed by atoms with Gasteiger partial charge in [0.15, 0.2) is 0 Å². The molecule has 1 aromatic carbocycles. The van der Waals surface area contributed by atoms with Gasteiger partial charge in [0.1, 0.15) is 10.9 Å². The number of hydrogen-bond acceptors (Lipinski definition) is 4. The van der Waals surface area contributed by atoms with E-state index in [-0.39, 0.29) is 17.9 Å². The molecule has 3 rings (SSSR count). The van der Waals surface area contributed by atoms with Crippen LogP contribution in [0.5, 0.6) is 0 Å². The van der Waals surface area contributed by atoms with Crippen LogP contribution in [-0.4, -0.2) is 39.7 Å². The third-order valence-electron chi connectivity index (χ3n) is 5.01. The average Bonchev–Trinajstić information content (AvgIpc) is 3.13. The van der Waals surface area contributed by atoms with Crippen molar-refractivity contribution < 1.29 is 9.59 Å². The highest BCUT2D eigenvalue weighted by molar-refractivity contribution is 7.08. The zero-order valence-electron chi connectivity index (χ0n) is 17.3. The van der Waals surface area contributed by atoms with Crippen LogP contribution < -0.4 is 5.32 Å². The van der Waals surface area contributed by atoms with Crippen LogP contribution >= 0.6 is 23.1 Å². The summed E-state index contributed by atoms with van der Waals surface area (Å²) in [7, 11) is 0. The highest BCUT2D eigenvalue weighted by Crippen LogP contribution is 2.27. The number of carbonyl (C=O) groups excluding carboxylic acids is 2. The van der Waals surface area contributed by atoms with Crippen molar-refractivity contribution >= 4 is 34.9 Å². The van der Waals surface area contributed by atoms with Crippen LogP contribution in [-0.2, 0) is 4.79 Å². The molecule has 1 N–H and O–H groups in total. The lowest BCUT2D eigenvalue weighted by molar-refractivity contribution is -0.130. The van der Waals surface area contributed by atoms with E-state index in [0.717, 1.165) is 17.7 Å². The second-order valence-electron chi connectivity index (χ2n) is 8.52. The van der Waals surface area contributed by atoms with E-state index in [4.69, 9.17) is 11.6 Å². The predicted molar refractivity (Wildman–Crippen MR) is 118 cm³/mol. The van der Waals surface area contributed by atoms with Crippen molar-refractivity contribution in [3.63, 3.8) is 0 Å². The molecular weight excluding hydrogens is 406 g/mol. The van der Waals surface area contributed by atoms with Crippen molar-refractivity contribution in [1.82, 2.24) is 14.6 Å². The maximum Gasteiger partial charge on any atom is 0.266 e. The lowest BCUT2D eigenvalue weighted by atomic mass is 9.95. The van der Waals surface area contributed by atoms with E-state index in [1.807, 2.05) is 30.3 Å². The fourth-order valence-corrected chi connectivity index (χ4v) is 4.57. The summed E-state index contributed by atoms with van der Waals surface area (Å²) >= 11 is 7.14. The summed E-state index contributed by atoms with van der Waals surface area (Å²) in [4.78, 5) is 28.5. The molecule has 1 aromatic heterocycles. The molecule has 1 fully saturated rings. The van der Waals surface area contributed by atoms with Crippen LogP contribution in [0.25, 0.3) is 11.3 Å². The fourth-order valence-electron chi connectivity index (χ4n) is 3.73. The summed E-state index contributed by atoms with van der Waals surface area (Å²) in [6.07, 6.45) is 1.50. The van der Waals surface area contributed by atoms with Crippen LogP contribution in [0.3, 0.4) is 0 Å². The van der Waals surface area contributed by atoms with Crippen LogP contribution in [0.1, 0.15) is 50.2 Å². The Balaban J connectivity index is 1.85. The van der Waals surface area contributed by atoms with E-state index < -0.39 is 6.04 Å². The molecule has 1 aliphatic heterocycles. The van der Waals surface area contributed by atoms with Crippen LogP contribution in [0.2, 0.25) is 5.02 Å². The van der Waals surface area contributed by atoms with Crippen molar-refractivity contribution in [2.75, 3.05) is 6.54 Å². The summed E-state index contributed by atoms with van der Waals surface area (Å²) in [5, 5.41) is 3.78. The molecule has 2 atom stereocenters. The minimum absolute atomic E-state index is 0.0153. The largest absolute Gasteiger partial charge is 0.350 e. The number of benzene rings is 1. The van der Waals surface area contributed by atoms with E-state index in [1.54, 1.807) is 4.90 Å². The van der Waals surface area contributed by atoms with Gasteiger partial charge in [-0.1, -0.05) is 51.4 Å². The maximum absolute atomic E-state index is 13.4. The molecule has 156 valence electrons. The first-order valence-electron chi connectivity index (χ1n) is 10.1. The van der Waals surface area contributed by atoms with Gasteiger partial charge >= 0.3 is 0 Å². The van der Waals surface area contributed by atoms with E-state index in [0.29, 0.717) is 34.7 Å². The topological polar surface area (TPSA) is 62.3 Å². The Hall–Kier alpha value is -1.92. The standard InChI is InChI=1S/C22H28ClN3O2S/c1-13(2)9-17-12-26(19(10-14(3)4)21(27)24-17)22(28)20-11-18(25-29-20)15-5-7-16(23)8-6-15/h5-8,11,13-14,17,19H,9-10,12H2,1-4H3,(H,24,27). The first-order chi connectivity index (χ1) is 13.7. The first-order valence-corrected chi connectivity index (χ1v) is 11.2. The summed E-state index contributed by atoms with van der Waals surface area (Å²) in [5.41, 5.74) is 1.66. The molecule has 2 aromatic rings. The van der Waals surface area contributed by atoms with Gasteiger partial charge < -0.3 is 10.2 Å². The van der Waals surface area contributed by atoms with Gasteiger partial charge in [-0.3, -0.25) is 9.59 Å². The van der Waals surface area contributed by atoms with Gasteiger partial charge in [-0.15, -0.1) is 0 Å². The monoisotopic (exact) mass is 433 g/mol. The summed E-state index contributed by atoms with van der Waals surface area (Å²) in [6.45, 7) is 8.93. The van der Waals surface area contributed by atoms with E-state index in [1.165, 1.54) is 11.5 Å². The maximum atomic E-state index is 13.4. The summed E-state index contributed by atoms with van der Waals surface area (Å²) in [5.74, 6) is 0.593. The number of halogens is 1. The molecule has 0 saturated carbocycles. The molecule has 5 nitrogen and oxygen atoms in total. The summed E-state index contributed by atoms with van der Waals surface area (Å²) < 4.78 is 4.45. The summed E-state index contributed by atoms with van der Waals surface area (Å²) in [6, 6.07) is 8.75. The second kappa shape index (κ2) is 9.26. The molecule has 7 heteroatoms. The number of aromatic nitrogens is 1. The van der Waals surface area contributed by atoms with Gasteiger partial charge in [0.2, 0.25) is 5.91 Å². The molecule has 29 heavy (non-hydrogen) atoms. The Morgan fingerprint density at radius 3 is 2.48 bits per heavy atom. The third-order valence-corrected chi connectivity index (χ3v) is 6.04. The number of nitrogens with one attached hydrogen (secondary N) is 1. The third kappa shape index (κ3) is 5.37. The van der Waals surface area contributed by atoms with Gasteiger partial charge in [0, 0.05) is 23.2 Å². The smallest absolute Gasteiger partial charge is 0.266 e. The molecule has 2 amide bonds. The number of amides is 2. The van der Waals surface area contributed by atoms with Crippen molar-refractivity contribution in [3.05, 3.63) is 40.2 Å². The molecule has 1 aliphatic rings. The zero-order chi connectivity index (χ0) is 21.1. The Morgan fingerprint density at radius 2 is 1.86 bits per heavy atom. The van der Waals surface area contributed by atoms with Crippen molar-refractivity contribution in [2.45, 2.75) is 52.6 Å².